The summed E-state index contributed by atoms with van der Waals surface area (Å²) in [6.45, 7) is 6.53. The molecule has 0 bridgehead atoms. The summed E-state index contributed by atoms with van der Waals surface area (Å²) in [5, 5.41) is 9.63. The van der Waals surface area contributed by atoms with Crippen LogP contribution in [0.5, 0.6) is 0 Å². The summed E-state index contributed by atoms with van der Waals surface area (Å²) in [6.07, 6.45) is -0.741. The van der Waals surface area contributed by atoms with Crippen molar-refractivity contribution >= 4 is 6.09 Å². The summed E-state index contributed by atoms with van der Waals surface area (Å²) in [4.78, 5) is 13.2. The molecule has 1 unspecified atom stereocenters. The first-order valence-electron chi connectivity index (χ1n) is 7.91. The van der Waals surface area contributed by atoms with Gasteiger partial charge < -0.3 is 19.5 Å². The number of hydrogen-bond donors (Lipinski definition) is 1. The van der Waals surface area contributed by atoms with Crippen molar-refractivity contribution in [3.63, 3.8) is 0 Å². The average molecular weight is 321 g/mol. The van der Waals surface area contributed by atoms with Crippen LogP contribution < -0.4 is 0 Å². The van der Waals surface area contributed by atoms with Gasteiger partial charge in [0.1, 0.15) is 11.7 Å². The third-order valence-corrected chi connectivity index (χ3v) is 4.82. The molecule has 0 saturated carbocycles. The van der Waals surface area contributed by atoms with Crippen molar-refractivity contribution in [2.75, 3.05) is 20.8 Å². The fourth-order valence-corrected chi connectivity index (χ4v) is 3.81. The number of hydrogen-bond acceptors (Lipinski definition) is 3. The fourth-order valence-electron chi connectivity index (χ4n) is 3.81. The topological polar surface area (TPSA) is 59.0 Å². The zero-order valence-corrected chi connectivity index (χ0v) is 14.6. The molecule has 23 heavy (non-hydrogen) atoms. The molecule has 1 amide bonds. The summed E-state index contributed by atoms with van der Waals surface area (Å²) >= 11 is 0. The lowest BCUT2D eigenvalue weighted by atomic mass is 9.70. The Kier molecular flexibility index (Phi) is 5.01. The second-order valence-corrected chi connectivity index (χ2v) is 7.15. The van der Waals surface area contributed by atoms with E-state index < -0.39 is 11.7 Å². The van der Waals surface area contributed by atoms with E-state index in [4.69, 9.17) is 9.47 Å². The number of ether oxygens (including phenoxy) is 2. The first kappa shape index (κ1) is 17.8. The van der Waals surface area contributed by atoms with Crippen molar-refractivity contribution in [2.24, 2.45) is 5.41 Å². The van der Waals surface area contributed by atoms with E-state index in [1.54, 1.807) is 14.2 Å². The van der Waals surface area contributed by atoms with E-state index in [0.717, 1.165) is 5.56 Å². The SMILES string of the molecule is CO[C@@H]1C(C(C)(C)C)N(C(=O)O)CC[C@@]1(OC)c1ccccc1. The zero-order chi connectivity index (χ0) is 17.3. The Morgan fingerprint density at radius 1 is 1.26 bits per heavy atom. The molecule has 5 heteroatoms. The van der Waals surface area contributed by atoms with E-state index >= 15 is 0 Å². The lowest BCUT2D eigenvalue weighted by Crippen LogP contribution is -2.66. The van der Waals surface area contributed by atoms with Crippen LogP contribution in [-0.4, -0.2) is 49.0 Å². The quantitative estimate of drug-likeness (QED) is 0.927. The van der Waals surface area contributed by atoms with Crippen LogP contribution in [0.15, 0.2) is 30.3 Å². The highest BCUT2D eigenvalue weighted by Gasteiger charge is 2.55. The lowest BCUT2D eigenvalue weighted by Gasteiger charge is -2.54. The van der Waals surface area contributed by atoms with E-state index in [1.807, 2.05) is 51.1 Å². The van der Waals surface area contributed by atoms with Gasteiger partial charge >= 0.3 is 6.09 Å². The van der Waals surface area contributed by atoms with Crippen LogP contribution in [0.4, 0.5) is 4.79 Å². The largest absolute Gasteiger partial charge is 0.465 e. The van der Waals surface area contributed by atoms with Gasteiger partial charge in [-0.15, -0.1) is 0 Å². The maximum Gasteiger partial charge on any atom is 0.407 e. The van der Waals surface area contributed by atoms with Crippen molar-refractivity contribution in [3.05, 3.63) is 35.9 Å². The van der Waals surface area contributed by atoms with Crippen molar-refractivity contribution in [3.8, 4) is 0 Å². The highest BCUT2D eigenvalue weighted by atomic mass is 16.5. The Labute approximate surface area is 138 Å². The molecule has 2 rings (SSSR count). The Morgan fingerprint density at radius 2 is 1.87 bits per heavy atom. The highest BCUT2D eigenvalue weighted by Crippen LogP contribution is 2.45. The van der Waals surface area contributed by atoms with Gasteiger partial charge in [0.15, 0.2) is 0 Å². The Hall–Kier alpha value is -1.59. The summed E-state index contributed by atoms with van der Waals surface area (Å²) in [5.74, 6) is 0. The van der Waals surface area contributed by atoms with E-state index in [2.05, 4.69) is 0 Å². The van der Waals surface area contributed by atoms with Gasteiger partial charge in [-0.25, -0.2) is 4.79 Å². The Morgan fingerprint density at radius 3 is 2.30 bits per heavy atom. The van der Waals surface area contributed by atoms with Crippen LogP contribution in [0.1, 0.15) is 32.8 Å². The second-order valence-electron chi connectivity index (χ2n) is 7.15. The smallest absolute Gasteiger partial charge is 0.407 e. The van der Waals surface area contributed by atoms with Crippen LogP contribution >= 0.6 is 0 Å². The third kappa shape index (κ3) is 3.08. The maximum atomic E-state index is 11.7. The molecule has 5 nitrogen and oxygen atoms in total. The maximum absolute atomic E-state index is 11.7. The monoisotopic (exact) mass is 321 g/mol. The minimum absolute atomic E-state index is 0.280. The van der Waals surface area contributed by atoms with Crippen LogP contribution in [0.25, 0.3) is 0 Å². The second kappa shape index (κ2) is 6.49. The van der Waals surface area contributed by atoms with Gasteiger partial charge in [0, 0.05) is 27.2 Å². The van der Waals surface area contributed by atoms with Gasteiger partial charge in [-0.3, -0.25) is 0 Å². The predicted molar refractivity (Wildman–Crippen MR) is 88.5 cm³/mol. The first-order valence-corrected chi connectivity index (χ1v) is 7.91. The van der Waals surface area contributed by atoms with E-state index in [-0.39, 0.29) is 17.6 Å². The zero-order valence-electron chi connectivity index (χ0n) is 14.6. The molecule has 1 saturated heterocycles. The molecule has 1 heterocycles. The molecule has 1 aliphatic rings. The third-order valence-electron chi connectivity index (χ3n) is 4.82. The van der Waals surface area contributed by atoms with Gasteiger partial charge in [0.25, 0.3) is 0 Å². The molecule has 1 fully saturated rings. The molecule has 1 aliphatic heterocycles. The van der Waals surface area contributed by atoms with Crippen LogP contribution in [0, 0.1) is 5.41 Å². The number of carboxylic acid groups (broad SMARTS) is 1. The number of carbonyl (C=O) groups is 1. The summed E-state index contributed by atoms with van der Waals surface area (Å²) < 4.78 is 11.8. The molecular formula is C18H27NO4. The number of methoxy groups -OCH3 is 2. The lowest BCUT2D eigenvalue weighted by molar-refractivity contribution is -0.192. The van der Waals surface area contributed by atoms with Gasteiger partial charge in [-0.1, -0.05) is 51.1 Å². The van der Waals surface area contributed by atoms with E-state index in [9.17, 15) is 9.90 Å². The molecular weight excluding hydrogens is 294 g/mol. The predicted octanol–water partition coefficient (Wildman–Crippen LogP) is 3.34. The highest BCUT2D eigenvalue weighted by molar-refractivity contribution is 5.66. The minimum Gasteiger partial charge on any atom is -0.465 e. The number of nitrogens with zero attached hydrogens (tertiary/aromatic N) is 1. The Balaban J connectivity index is 2.56. The molecule has 0 radical (unpaired) electrons. The molecule has 0 spiro atoms. The number of piperidine rings is 1. The van der Waals surface area contributed by atoms with Crippen LogP contribution in [0.3, 0.4) is 0 Å². The van der Waals surface area contributed by atoms with E-state index in [0.29, 0.717) is 13.0 Å². The van der Waals surface area contributed by atoms with Crippen LogP contribution in [0.2, 0.25) is 0 Å². The molecule has 1 aromatic carbocycles. The molecule has 0 aliphatic carbocycles. The minimum atomic E-state index is -0.912. The first-order chi connectivity index (χ1) is 10.8. The average Bonchev–Trinajstić information content (AvgIpc) is 2.53. The molecule has 3 atom stereocenters. The van der Waals surface area contributed by atoms with Crippen molar-refractivity contribution in [2.45, 2.75) is 44.9 Å². The van der Waals surface area contributed by atoms with Gasteiger partial charge in [-0.05, 0) is 11.0 Å². The summed E-state index contributed by atoms with van der Waals surface area (Å²) in [7, 11) is 3.31. The van der Waals surface area contributed by atoms with E-state index in [1.165, 1.54) is 4.90 Å². The van der Waals surface area contributed by atoms with Gasteiger partial charge in [0.05, 0.1) is 6.04 Å². The standard InChI is InChI=1S/C18H27NO4/c1-17(2,3)14-15(22-4)18(23-5,11-12-19(14)16(20)21)13-9-7-6-8-10-13/h6-10,14-15H,11-12H2,1-5H3,(H,20,21)/t14?,15-,18-/m1/s1. The van der Waals surface area contributed by atoms with Gasteiger partial charge in [-0.2, -0.15) is 0 Å². The number of amides is 1. The molecule has 1 aromatic rings. The molecule has 0 aromatic heterocycles. The van der Waals surface area contributed by atoms with Crippen molar-refractivity contribution in [1.82, 2.24) is 4.90 Å². The fraction of sp³-hybridized carbons (Fsp3) is 0.611. The number of benzene rings is 1. The normalized spacial score (nSPS) is 28.7. The van der Waals surface area contributed by atoms with Gasteiger partial charge in [0.2, 0.25) is 0 Å². The van der Waals surface area contributed by atoms with Crippen LogP contribution in [-0.2, 0) is 15.1 Å². The van der Waals surface area contributed by atoms with Crippen molar-refractivity contribution < 1.29 is 19.4 Å². The number of likely N-dealkylation sites (tertiary alicyclic amines) is 1. The molecule has 1 N–H and O–H groups in total. The number of rotatable bonds is 3. The van der Waals surface area contributed by atoms with Crippen molar-refractivity contribution in [1.29, 1.82) is 0 Å². The molecule has 128 valence electrons. The Bertz CT molecular complexity index is 540. The summed E-state index contributed by atoms with van der Waals surface area (Å²) in [6, 6.07) is 9.63. The summed E-state index contributed by atoms with van der Waals surface area (Å²) in [5.41, 5.74) is 0.0893.